The first kappa shape index (κ1) is 72.8. The van der Waals surface area contributed by atoms with Crippen LogP contribution in [0.2, 0.25) is 0 Å². The third-order valence-corrected chi connectivity index (χ3v) is 14.4. The summed E-state index contributed by atoms with van der Waals surface area (Å²) in [5.41, 5.74) is 0. The Hall–Kier alpha value is -3.15. The van der Waals surface area contributed by atoms with Crippen molar-refractivity contribution in [1.29, 1.82) is 0 Å². The Labute approximate surface area is 472 Å². The minimum atomic E-state index is -0.797. The van der Waals surface area contributed by atoms with Gasteiger partial charge < -0.3 is 14.2 Å². The Kier molecular flexibility index (Phi) is 61.7. The van der Waals surface area contributed by atoms with Crippen molar-refractivity contribution in [2.45, 2.75) is 341 Å². The van der Waals surface area contributed by atoms with Crippen molar-refractivity contribution in [3.05, 3.63) is 72.9 Å². The molecule has 0 aromatic heterocycles. The molecule has 0 bridgehead atoms. The molecule has 0 heterocycles. The fourth-order valence-corrected chi connectivity index (χ4v) is 9.53. The van der Waals surface area contributed by atoms with Crippen molar-refractivity contribution in [3.63, 3.8) is 0 Å². The van der Waals surface area contributed by atoms with Gasteiger partial charge in [0, 0.05) is 19.3 Å². The molecule has 0 aliphatic carbocycles. The molecule has 0 spiro atoms. The first-order chi connectivity index (χ1) is 37.5. The Balaban J connectivity index is 4.32. The monoisotopic (exact) mass is 1060 g/mol. The SMILES string of the molecule is CC/C=C\C/C=C\C/C=C\C/C=C\CCCCC(=O)OCC(COC(=O)CCCCCCCCCCCCCCCCCCCCCCCCCCC)OC(=O)CCCCCCCCC/C=C\C/C=C\CCCCCC. The van der Waals surface area contributed by atoms with Crippen LogP contribution in [0.25, 0.3) is 0 Å². The van der Waals surface area contributed by atoms with E-state index in [-0.39, 0.29) is 31.1 Å². The first-order valence-electron chi connectivity index (χ1n) is 32.9. The van der Waals surface area contributed by atoms with Crippen molar-refractivity contribution in [3.8, 4) is 0 Å². The highest BCUT2D eigenvalue weighted by molar-refractivity contribution is 5.71. The summed E-state index contributed by atoms with van der Waals surface area (Å²) in [6.07, 6.45) is 83.5. The van der Waals surface area contributed by atoms with Gasteiger partial charge >= 0.3 is 17.9 Å². The van der Waals surface area contributed by atoms with Crippen LogP contribution in [0, 0.1) is 0 Å². The van der Waals surface area contributed by atoms with E-state index in [1.807, 2.05) is 0 Å². The zero-order valence-corrected chi connectivity index (χ0v) is 50.5. The number of unbranched alkanes of at least 4 members (excludes halogenated alkanes) is 37. The van der Waals surface area contributed by atoms with Gasteiger partial charge in [0.25, 0.3) is 0 Å². The van der Waals surface area contributed by atoms with Gasteiger partial charge in [-0.05, 0) is 89.9 Å². The van der Waals surface area contributed by atoms with Crippen molar-refractivity contribution < 1.29 is 28.6 Å². The summed E-state index contributed by atoms with van der Waals surface area (Å²) < 4.78 is 16.9. The molecule has 0 N–H and O–H groups in total. The second-order valence-corrected chi connectivity index (χ2v) is 22.0. The van der Waals surface area contributed by atoms with Crippen molar-refractivity contribution >= 4 is 17.9 Å². The van der Waals surface area contributed by atoms with Gasteiger partial charge in [-0.25, -0.2) is 0 Å². The lowest BCUT2D eigenvalue weighted by Crippen LogP contribution is -2.30. The molecule has 0 aromatic rings. The fraction of sp³-hybridized carbons (Fsp3) is 0.786. The van der Waals surface area contributed by atoms with E-state index in [1.54, 1.807) is 0 Å². The molecule has 1 unspecified atom stereocenters. The van der Waals surface area contributed by atoms with Gasteiger partial charge in [0.1, 0.15) is 13.2 Å². The van der Waals surface area contributed by atoms with E-state index in [0.717, 1.165) is 96.3 Å². The molecular weight excluding hydrogens is 937 g/mol. The number of allylic oxidation sites excluding steroid dienone is 12. The average Bonchev–Trinajstić information content (AvgIpc) is 3.42. The van der Waals surface area contributed by atoms with Crippen LogP contribution in [0.5, 0.6) is 0 Å². The molecule has 0 radical (unpaired) electrons. The van der Waals surface area contributed by atoms with Crippen molar-refractivity contribution in [2.24, 2.45) is 0 Å². The van der Waals surface area contributed by atoms with Gasteiger partial charge in [-0.15, -0.1) is 0 Å². The average molecular weight is 1060 g/mol. The molecule has 76 heavy (non-hydrogen) atoms. The Morgan fingerprint density at radius 1 is 0.276 bits per heavy atom. The van der Waals surface area contributed by atoms with Gasteiger partial charge in [-0.3, -0.25) is 14.4 Å². The first-order valence-corrected chi connectivity index (χ1v) is 32.9. The summed E-state index contributed by atoms with van der Waals surface area (Å²) in [6.45, 7) is 6.51. The Bertz CT molecular complexity index is 1400. The smallest absolute Gasteiger partial charge is 0.306 e. The standard InChI is InChI=1S/C70H124O6/c1-4-7-10-13-16-19-22-25-28-30-32-33-34-35-36-37-38-40-42-45-48-51-54-57-60-63-69(72)75-66-67(65-74-68(71)62-59-56-53-50-47-44-41-27-24-21-18-15-12-9-6-3)76-70(73)64-61-58-55-52-49-46-43-39-31-29-26-23-20-17-14-11-8-5-2/h9,12,18,20-21,23,27,29,31,41,47,50,67H,4-8,10-11,13-17,19,22,24-26,28,30,32-40,42-46,48-49,51-66H2,1-3H3/b12-9-,21-18-,23-20-,31-29-,41-27-,50-47-. The lowest BCUT2D eigenvalue weighted by Gasteiger charge is -2.18. The normalized spacial score (nSPS) is 12.5. The number of ether oxygens (including phenoxy) is 3. The minimum absolute atomic E-state index is 0.0891. The molecule has 440 valence electrons. The molecule has 0 amide bonds. The predicted octanol–water partition coefficient (Wildman–Crippen LogP) is 22.5. The van der Waals surface area contributed by atoms with Gasteiger partial charge in [0.05, 0.1) is 0 Å². The van der Waals surface area contributed by atoms with Crippen LogP contribution < -0.4 is 0 Å². The van der Waals surface area contributed by atoms with Gasteiger partial charge in [0.2, 0.25) is 0 Å². The number of hydrogen-bond acceptors (Lipinski definition) is 6. The quantitative estimate of drug-likeness (QED) is 0.0261. The molecule has 0 saturated carbocycles. The number of carbonyl (C=O) groups excluding carboxylic acids is 3. The molecule has 0 aliphatic heterocycles. The van der Waals surface area contributed by atoms with Crippen LogP contribution in [0.4, 0.5) is 0 Å². The zero-order chi connectivity index (χ0) is 55.0. The van der Waals surface area contributed by atoms with Crippen LogP contribution in [0.15, 0.2) is 72.9 Å². The molecule has 0 rings (SSSR count). The molecule has 6 nitrogen and oxygen atoms in total. The highest BCUT2D eigenvalue weighted by Crippen LogP contribution is 2.17. The summed E-state index contributed by atoms with van der Waals surface area (Å²) in [7, 11) is 0. The molecule has 0 aliphatic rings. The largest absolute Gasteiger partial charge is 0.462 e. The summed E-state index contributed by atoms with van der Waals surface area (Å²) in [5.74, 6) is -0.924. The van der Waals surface area contributed by atoms with Crippen LogP contribution in [0.3, 0.4) is 0 Å². The van der Waals surface area contributed by atoms with Gasteiger partial charge in [0.15, 0.2) is 6.10 Å². The molecule has 0 fully saturated rings. The van der Waals surface area contributed by atoms with Crippen molar-refractivity contribution in [2.75, 3.05) is 13.2 Å². The third kappa shape index (κ3) is 61.7. The lowest BCUT2D eigenvalue weighted by molar-refractivity contribution is -0.167. The summed E-state index contributed by atoms with van der Waals surface area (Å²) >= 11 is 0. The number of rotatable bonds is 60. The Morgan fingerprint density at radius 3 is 0.842 bits per heavy atom. The van der Waals surface area contributed by atoms with E-state index in [9.17, 15) is 14.4 Å². The van der Waals surface area contributed by atoms with Crippen LogP contribution in [-0.2, 0) is 28.6 Å². The summed E-state index contributed by atoms with van der Waals surface area (Å²) in [5, 5.41) is 0. The second kappa shape index (κ2) is 64.4. The number of carbonyl (C=O) groups is 3. The molecular formula is C70H124O6. The van der Waals surface area contributed by atoms with E-state index in [1.165, 1.54) is 199 Å². The van der Waals surface area contributed by atoms with Crippen LogP contribution >= 0.6 is 0 Å². The third-order valence-electron chi connectivity index (χ3n) is 14.4. The highest BCUT2D eigenvalue weighted by Gasteiger charge is 2.19. The fourth-order valence-electron chi connectivity index (χ4n) is 9.53. The van der Waals surface area contributed by atoms with Crippen LogP contribution in [-0.4, -0.2) is 37.2 Å². The maximum atomic E-state index is 12.9. The van der Waals surface area contributed by atoms with E-state index in [0.29, 0.717) is 19.3 Å². The summed E-state index contributed by atoms with van der Waals surface area (Å²) in [4.78, 5) is 38.3. The maximum absolute atomic E-state index is 12.9. The number of esters is 3. The second-order valence-electron chi connectivity index (χ2n) is 22.0. The predicted molar refractivity (Wildman–Crippen MR) is 330 cm³/mol. The summed E-state index contributed by atoms with van der Waals surface area (Å²) in [6, 6.07) is 0. The van der Waals surface area contributed by atoms with Gasteiger partial charge in [-0.2, -0.15) is 0 Å². The lowest BCUT2D eigenvalue weighted by atomic mass is 10.0. The topological polar surface area (TPSA) is 78.9 Å². The minimum Gasteiger partial charge on any atom is -0.462 e. The van der Waals surface area contributed by atoms with E-state index >= 15 is 0 Å². The molecule has 0 aromatic carbocycles. The van der Waals surface area contributed by atoms with Gasteiger partial charge in [-0.1, -0.05) is 299 Å². The molecule has 0 saturated heterocycles. The van der Waals surface area contributed by atoms with E-state index in [4.69, 9.17) is 14.2 Å². The maximum Gasteiger partial charge on any atom is 0.306 e. The highest BCUT2D eigenvalue weighted by atomic mass is 16.6. The molecule has 1 atom stereocenters. The van der Waals surface area contributed by atoms with Crippen LogP contribution in [0.1, 0.15) is 335 Å². The Morgan fingerprint density at radius 2 is 0.513 bits per heavy atom. The number of hydrogen-bond donors (Lipinski definition) is 0. The van der Waals surface area contributed by atoms with Crippen molar-refractivity contribution in [1.82, 2.24) is 0 Å². The molecule has 6 heteroatoms. The zero-order valence-electron chi connectivity index (χ0n) is 50.5. The van der Waals surface area contributed by atoms with E-state index < -0.39 is 6.10 Å². The van der Waals surface area contributed by atoms with E-state index in [2.05, 4.69) is 93.7 Å².